The lowest BCUT2D eigenvalue weighted by molar-refractivity contribution is -0.131. The molecule has 5 rings (SSSR count). The molecule has 2 fully saturated rings. The van der Waals surface area contributed by atoms with Gasteiger partial charge < -0.3 is 9.42 Å². The highest BCUT2D eigenvalue weighted by atomic mass is 16.5. The van der Waals surface area contributed by atoms with Crippen molar-refractivity contribution in [2.75, 3.05) is 13.1 Å². The van der Waals surface area contributed by atoms with Crippen LogP contribution >= 0.6 is 0 Å². The Labute approximate surface area is 156 Å². The number of piperidine rings is 1. The Kier molecular flexibility index (Phi) is 3.91. The van der Waals surface area contributed by atoms with Gasteiger partial charge in [-0.2, -0.15) is 4.98 Å². The number of pyridine rings is 1. The molecule has 0 radical (unpaired) electrons. The fourth-order valence-electron chi connectivity index (χ4n) is 3.61. The van der Waals surface area contributed by atoms with E-state index in [1.807, 2.05) is 27.6 Å². The first kappa shape index (κ1) is 16.4. The molecular weight excluding hydrogens is 344 g/mol. The molecule has 1 aliphatic heterocycles. The molecule has 1 saturated carbocycles. The Hall–Kier alpha value is -2.77. The Bertz CT molecular complexity index is 981. The molecule has 27 heavy (non-hydrogen) atoms. The molecule has 0 atom stereocenters. The molecule has 140 valence electrons. The van der Waals surface area contributed by atoms with Gasteiger partial charge in [-0.1, -0.05) is 12.1 Å². The van der Waals surface area contributed by atoms with Crippen LogP contribution in [0.15, 0.2) is 22.9 Å². The number of aromatic nitrogens is 5. The lowest BCUT2D eigenvalue weighted by Gasteiger charge is -2.30. The maximum Gasteiger partial charge on any atom is 0.261 e. The van der Waals surface area contributed by atoms with E-state index in [1.54, 1.807) is 0 Å². The maximum absolute atomic E-state index is 12.7. The summed E-state index contributed by atoms with van der Waals surface area (Å²) in [7, 11) is 0. The lowest BCUT2D eigenvalue weighted by Crippen LogP contribution is -2.39. The van der Waals surface area contributed by atoms with Gasteiger partial charge in [-0.25, -0.2) is 0 Å². The minimum absolute atomic E-state index is 0.107. The molecule has 3 aromatic rings. The number of amides is 1. The van der Waals surface area contributed by atoms with Crippen LogP contribution in [0.2, 0.25) is 0 Å². The number of rotatable bonds is 4. The molecule has 0 aromatic carbocycles. The van der Waals surface area contributed by atoms with Gasteiger partial charge in [-0.15, -0.1) is 10.2 Å². The molecule has 0 spiro atoms. The highest BCUT2D eigenvalue weighted by molar-refractivity contribution is 5.79. The quantitative estimate of drug-likeness (QED) is 0.705. The Morgan fingerprint density at radius 1 is 1.22 bits per heavy atom. The Morgan fingerprint density at radius 3 is 2.81 bits per heavy atom. The van der Waals surface area contributed by atoms with Gasteiger partial charge in [0.2, 0.25) is 5.91 Å². The van der Waals surface area contributed by atoms with E-state index >= 15 is 0 Å². The first-order valence-electron chi connectivity index (χ1n) is 9.63. The number of hydrogen-bond acceptors (Lipinski definition) is 6. The highest BCUT2D eigenvalue weighted by Crippen LogP contribution is 2.39. The van der Waals surface area contributed by atoms with E-state index in [9.17, 15) is 4.79 Å². The van der Waals surface area contributed by atoms with Crippen molar-refractivity contribution >= 4 is 11.6 Å². The van der Waals surface area contributed by atoms with Gasteiger partial charge in [-0.05, 0) is 43.7 Å². The SMILES string of the molecule is CC1CCN(C(=O)Cc2nnc3c(-c4nc(C5CC5)no4)cccn23)CC1. The topological polar surface area (TPSA) is 89.4 Å². The summed E-state index contributed by atoms with van der Waals surface area (Å²) in [6, 6.07) is 3.79. The van der Waals surface area contributed by atoms with Gasteiger partial charge in [0.1, 0.15) is 5.82 Å². The number of hydrogen-bond donors (Lipinski definition) is 0. The second-order valence-corrected chi connectivity index (χ2v) is 7.70. The average Bonchev–Trinajstić information content (AvgIpc) is 3.27. The summed E-state index contributed by atoms with van der Waals surface area (Å²) < 4.78 is 7.29. The van der Waals surface area contributed by atoms with Crippen molar-refractivity contribution in [3.05, 3.63) is 30.0 Å². The van der Waals surface area contributed by atoms with E-state index in [4.69, 9.17) is 4.52 Å². The highest BCUT2D eigenvalue weighted by Gasteiger charge is 2.29. The fourth-order valence-corrected chi connectivity index (χ4v) is 3.61. The van der Waals surface area contributed by atoms with Gasteiger partial charge in [0.15, 0.2) is 11.5 Å². The maximum atomic E-state index is 12.7. The van der Waals surface area contributed by atoms with Crippen LogP contribution in [0.4, 0.5) is 0 Å². The van der Waals surface area contributed by atoms with Crippen LogP contribution in [-0.4, -0.2) is 48.6 Å². The van der Waals surface area contributed by atoms with E-state index < -0.39 is 0 Å². The van der Waals surface area contributed by atoms with E-state index in [0.717, 1.165) is 50.2 Å². The molecule has 4 heterocycles. The summed E-state index contributed by atoms with van der Waals surface area (Å²) in [4.78, 5) is 19.1. The Balaban J connectivity index is 1.40. The summed E-state index contributed by atoms with van der Waals surface area (Å²) in [5.74, 6) is 3.09. The smallest absolute Gasteiger partial charge is 0.261 e. The molecular formula is C19H22N6O2. The van der Waals surface area contributed by atoms with Gasteiger partial charge >= 0.3 is 0 Å². The van der Waals surface area contributed by atoms with E-state index in [-0.39, 0.29) is 12.3 Å². The largest absolute Gasteiger partial charge is 0.342 e. The van der Waals surface area contributed by atoms with Crippen LogP contribution in [0, 0.1) is 5.92 Å². The zero-order chi connectivity index (χ0) is 18.4. The fraction of sp³-hybridized carbons (Fsp3) is 0.526. The van der Waals surface area contributed by atoms with Crippen LogP contribution < -0.4 is 0 Å². The third-order valence-electron chi connectivity index (χ3n) is 5.57. The summed E-state index contributed by atoms with van der Waals surface area (Å²) in [5.41, 5.74) is 1.38. The normalized spacial score (nSPS) is 18.3. The first-order chi connectivity index (χ1) is 13.2. The van der Waals surface area contributed by atoms with Crippen LogP contribution in [0.3, 0.4) is 0 Å². The molecule has 3 aromatic heterocycles. The average molecular weight is 366 g/mol. The Morgan fingerprint density at radius 2 is 2.04 bits per heavy atom. The second-order valence-electron chi connectivity index (χ2n) is 7.70. The molecule has 1 aliphatic carbocycles. The summed E-state index contributed by atoms with van der Waals surface area (Å²) in [6.45, 7) is 3.89. The first-order valence-corrected chi connectivity index (χ1v) is 9.63. The van der Waals surface area contributed by atoms with Crippen LogP contribution in [0.25, 0.3) is 17.1 Å². The minimum Gasteiger partial charge on any atom is -0.342 e. The number of likely N-dealkylation sites (tertiary alicyclic amines) is 1. The molecule has 0 unspecified atom stereocenters. The van der Waals surface area contributed by atoms with E-state index in [1.165, 1.54) is 0 Å². The molecule has 2 aliphatic rings. The van der Waals surface area contributed by atoms with E-state index in [0.29, 0.717) is 29.2 Å². The van der Waals surface area contributed by atoms with Gasteiger partial charge in [0, 0.05) is 25.2 Å². The van der Waals surface area contributed by atoms with Gasteiger partial charge in [0.25, 0.3) is 5.89 Å². The van der Waals surface area contributed by atoms with Crippen molar-refractivity contribution < 1.29 is 9.32 Å². The molecule has 0 N–H and O–H groups in total. The molecule has 1 amide bonds. The van der Waals surface area contributed by atoms with Crippen molar-refractivity contribution in [1.29, 1.82) is 0 Å². The summed E-state index contributed by atoms with van der Waals surface area (Å²) in [6.07, 6.45) is 6.49. The van der Waals surface area contributed by atoms with Crippen molar-refractivity contribution in [3.63, 3.8) is 0 Å². The van der Waals surface area contributed by atoms with E-state index in [2.05, 4.69) is 27.3 Å². The van der Waals surface area contributed by atoms with Gasteiger partial charge in [-0.3, -0.25) is 9.20 Å². The number of nitrogens with zero attached hydrogens (tertiary/aromatic N) is 6. The predicted molar refractivity (Wildman–Crippen MR) is 96.9 cm³/mol. The minimum atomic E-state index is 0.107. The summed E-state index contributed by atoms with van der Waals surface area (Å²) >= 11 is 0. The molecule has 8 heteroatoms. The standard InChI is InChI=1S/C19H22N6O2/c1-12-6-9-24(10-7-12)16(26)11-15-21-22-18-14(3-2-8-25(15)18)19-20-17(23-27-19)13-4-5-13/h2-3,8,12-13H,4-7,9-11H2,1H3. The third-order valence-corrected chi connectivity index (χ3v) is 5.57. The van der Waals surface area contributed by atoms with Crippen molar-refractivity contribution in [1.82, 2.24) is 29.6 Å². The van der Waals surface area contributed by atoms with Gasteiger partial charge in [0.05, 0.1) is 12.0 Å². The predicted octanol–water partition coefficient (Wildman–Crippen LogP) is 2.46. The molecule has 8 nitrogen and oxygen atoms in total. The number of carbonyl (C=O) groups excluding carboxylic acids is 1. The zero-order valence-corrected chi connectivity index (χ0v) is 15.3. The van der Waals surface area contributed by atoms with Crippen LogP contribution in [0.1, 0.15) is 50.2 Å². The second kappa shape index (κ2) is 6.44. The number of fused-ring (bicyclic) bond motifs is 1. The van der Waals surface area contributed by atoms with Crippen LogP contribution in [0.5, 0.6) is 0 Å². The monoisotopic (exact) mass is 366 g/mol. The zero-order valence-electron chi connectivity index (χ0n) is 15.3. The lowest BCUT2D eigenvalue weighted by atomic mass is 9.99. The molecule has 1 saturated heterocycles. The third kappa shape index (κ3) is 3.09. The van der Waals surface area contributed by atoms with Crippen molar-refractivity contribution in [2.45, 2.75) is 44.9 Å². The van der Waals surface area contributed by atoms with Crippen molar-refractivity contribution in [3.8, 4) is 11.5 Å². The summed E-state index contributed by atoms with van der Waals surface area (Å²) in [5, 5.41) is 12.6. The molecule has 0 bridgehead atoms. The number of carbonyl (C=O) groups is 1. The van der Waals surface area contributed by atoms with Crippen molar-refractivity contribution in [2.24, 2.45) is 5.92 Å². The van der Waals surface area contributed by atoms with Crippen LogP contribution in [-0.2, 0) is 11.2 Å².